The summed E-state index contributed by atoms with van der Waals surface area (Å²) in [4.78, 5) is 36.2. The molecular formula is C21H16ClF3N2O5. The number of alkyl halides is 3. The van der Waals surface area contributed by atoms with E-state index in [9.17, 15) is 27.6 Å². The molecule has 1 N–H and O–H groups in total. The molecule has 0 saturated heterocycles. The first-order valence-electron chi connectivity index (χ1n) is 9.09. The number of fused-ring (bicyclic) bond motifs is 1. The van der Waals surface area contributed by atoms with Crippen LogP contribution in [0, 0.1) is 0 Å². The summed E-state index contributed by atoms with van der Waals surface area (Å²) in [6, 6.07) is 9.84. The first-order valence-corrected chi connectivity index (χ1v) is 9.47. The number of anilines is 1. The number of amides is 1. The summed E-state index contributed by atoms with van der Waals surface area (Å²) in [5, 5.41) is 2.27. The average Bonchev–Trinajstić information content (AvgIpc) is 3.11. The number of carbonyl (C=O) groups is 3. The highest BCUT2D eigenvalue weighted by molar-refractivity contribution is 6.34. The number of hydrogen-bond donors (Lipinski definition) is 1. The van der Waals surface area contributed by atoms with E-state index in [1.54, 1.807) is 24.3 Å². The Hall–Kier alpha value is -3.53. The third kappa shape index (κ3) is 5.02. The predicted molar refractivity (Wildman–Crippen MR) is 109 cm³/mol. The molecule has 7 nitrogen and oxygen atoms in total. The number of nitrogens with one attached hydrogen (secondary N) is 1. The van der Waals surface area contributed by atoms with Gasteiger partial charge in [0.2, 0.25) is 0 Å². The quantitative estimate of drug-likeness (QED) is 0.546. The molecule has 3 aromatic rings. The SMILES string of the molecule is COC(=O)c1cn(CC(=O)OCC(=O)Nc2c(Cl)cccc2C(F)(F)F)c2ccccc12. The third-order valence-electron chi connectivity index (χ3n) is 4.44. The molecular weight excluding hydrogens is 453 g/mol. The fraction of sp³-hybridized carbons (Fsp3) is 0.190. The van der Waals surface area contributed by atoms with Crippen LogP contribution in [-0.2, 0) is 31.8 Å². The Kier molecular flexibility index (Phi) is 6.73. The van der Waals surface area contributed by atoms with Gasteiger partial charge in [0.1, 0.15) is 6.54 Å². The molecule has 1 aromatic heterocycles. The van der Waals surface area contributed by atoms with Gasteiger partial charge in [-0.2, -0.15) is 13.2 Å². The lowest BCUT2D eigenvalue weighted by molar-refractivity contribution is -0.148. The predicted octanol–water partition coefficient (Wildman–Crippen LogP) is 4.28. The molecule has 0 spiro atoms. The second-order valence-electron chi connectivity index (χ2n) is 6.55. The van der Waals surface area contributed by atoms with Crippen molar-refractivity contribution in [1.29, 1.82) is 0 Å². The topological polar surface area (TPSA) is 86.6 Å². The van der Waals surface area contributed by atoms with E-state index < -0.39 is 41.9 Å². The van der Waals surface area contributed by atoms with Gasteiger partial charge in [-0.3, -0.25) is 9.59 Å². The first kappa shape index (κ1) is 23.1. The van der Waals surface area contributed by atoms with Gasteiger partial charge in [0.15, 0.2) is 6.61 Å². The molecule has 0 aliphatic rings. The summed E-state index contributed by atoms with van der Waals surface area (Å²) in [6.07, 6.45) is -3.33. The van der Waals surface area contributed by atoms with Crippen LogP contribution in [0.3, 0.4) is 0 Å². The highest BCUT2D eigenvalue weighted by Crippen LogP contribution is 2.38. The van der Waals surface area contributed by atoms with Crippen molar-refractivity contribution in [2.24, 2.45) is 0 Å². The van der Waals surface area contributed by atoms with Crippen molar-refractivity contribution < 1.29 is 37.0 Å². The van der Waals surface area contributed by atoms with Crippen molar-refractivity contribution in [1.82, 2.24) is 4.57 Å². The second-order valence-corrected chi connectivity index (χ2v) is 6.96. The van der Waals surface area contributed by atoms with E-state index in [-0.39, 0.29) is 17.1 Å². The zero-order valence-electron chi connectivity index (χ0n) is 16.5. The Labute approximate surface area is 184 Å². The van der Waals surface area contributed by atoms with E-state index >= 15 is 0 Å². The molecule has 168 valence electrons. The maximum Gasteiger partial charge on any atom is 0.418 e. The lowest BCUT2D eigenvalue weighted by Crippen LogP contribution is -2.24. The summed E-state index contributed by atoms with van der Waals surface area (Å²) in [5.74, 6) is -2.43. The highest BCUT2D eigenvalue weighted by Gasteiger charge is 2.34. The van der Waals surface area contributed by atoms with Gasteiger partial charge >= 0.3 is 18.1 Å². The molecule has 1 heterocycles. The van der Waals surface area contributed by atoms with Crippen molar-refractivity contribution in [3.63, 3.8) is 0 Å². The fourth-order valence-corrected chi connectivity index (χ4v) is 3.27. The number of carbonyl (C=O) groups excluding carboxylic acids is 3. The van der Waals surface area contributed by atoms with Crippen molar-refractivity contribution in [2.75, 3.05) is 19.0 Å². The zero-order chi connectivity index (χ0) is 23.5. The number of nitrogens with zero attached hydrogens (tertiary/aromatic N) is 1. The number of para-hydroxylation sites is 2. The van der Waals surface area contributed by atoms with Crippen LogP contribution in [0.4, 0.5) is 18.9 Å². The van der Waals surface area contributed by atoms with Crippen LogP contribution in [-0.4, -0.2) is 36.1 Å². The summed E-state index contributed by atoms with van der Waals surface area (Å²) in [6.45, 7) is -1.17. The number of rotatable bonds is 6. The first-order chi connectivity index (χ1) is 15.1. The van der Waals surface area contributed by atoms with Gasteiger partial charge in [-0.05, 0) is 18.2 Å². The summed E-state index contributed by atoms with van der Waals surface area (Å²) < 4.78 is 50.4. The molecule has 0 aliphatic heterocycles. The Balaban J connectivity index is 1.68. The minimum Gasteiger partial charge on any atom is -0.465 e. The standard InChI is InChI=1S/C21H16ClF3N2O5/c1-31-20(30)13-9-27(16-8-3-2-5-12(13)16)10-18(29)32-11-17(28)26-19-14(21(23,24)25)6-4-7-15(19)22/h2-9H,10-11H2,1H3,(H,26,28). The normalized spacial score (nSPS) is 11.3. The van der Waals surface area contributed by atoms with Crippen LogP contribution >= 0.6 is 11.6 Å². The summed E-state index contributed by atoms with van der Waals surface area (Å²) >= 11 is 5.78. The summed E-state index contributed by atoms with van der Waals surface area (Å²) in [5.41, 5.74) is -0.951. The zero-order valence-corrected chi connectivity index (χ0v) is 17.3. The van der Waals surface area contributed by atoms with E-state index in [0.717, 1.165) is 12.1 Å². The molecule has 1 amide bonds. The third-order valence-corrected chi connectivity index (χ3v) is 4.76. The molecule has 3 rings (SSSR count). The lowest BCUT2D eigenvalue weighted by Gasteiger charge is -2.15. The molecule has 0 unspecified atom stereocenters. The number of halogens is 4. The minimum absolute atomic E-state index is 0.243. The summed E-state index contributed by atoms with van der Waals surface area (Å²) in [7, 11) is 1.23. The van der Waals surface area contributed by atoms with Gasteiger partial charge in [0.05, 0.1) is 28.9 Å². The van der Waals surface area contributed by atoms with Gasteiger partial charge < -0.3 is 19.4 Å². The monoisotopic (exact) mass is 468 g/mol. The number of ether oxygens (including phenoxy) is 2. The molecule has 0 aliphatic carbocycles. The van der Waals surface area contributed by atoms with Crippen molar-refractivity contribution in [3.05, 3.63) is 64.8 Å². The lowest BCUT2D eigenvalue weighted by atomic mass is 10.1. The maximum atomic E-state index is 13.1. The molecule has 0 atom stereocenters. The van der Waals surface area contributed by atoms with Crippen molar-refractivity contribution in [2.45, 2.75) is 12.7 Å². The number of methoxy groups -OCH3 is 1. The van der Waals surface area contributed by atoms with Crippen LogP contribution in [0.5, 0.6) is 0 Å². The van der Waals surface area contributed by atoms with Crippen LogP contribution in [0.1, 0.15) is 15.9 Å². The van der Waals surface area contributed by atoms with E-state index in [1.807, 2.05) is 5.32 Å². The van der Waals surface area contributed by atoms with E-state index in [2.05, 4.69) is 0 Å². The van der Waals surface area contributed by atoms with Crippen molar-refractivity contribution in [3.8, 4) is 0 Å². The van der Waals surface area contributed by atoms with Crippen LogP contribution in [0.15, 0.2) is 48.7 Å². The van der Waals surface area contributed by atoms with Gasteiger partial charge in [0.25, 0.3) is 5.91 Å². The number of hydrogen-bond acceptors (Lipinski definition) is 5. The van der Waals surface area contributed by atoms with Crippen molar-refractivity contribution >= 4 is 46.0 Å². The Morgan fingerprint density at radius 1 is 1.09 bits per heavy atom. The minimum atomic E-state index is -4.74. The second kappa shape index (κ2) is 9.31. The maximum absolute atomic E-state index is 13.1. The number of esters is 2. The smallest absolute Gasteiger partial charge is 0.418 e. The highest BCUT2D eigenvalue weighted by atomic mass is 35.5. The number of aromatic nitrogens is 1. The van der Waals surface area contributed by atoms with Gasteiger partial charge in [0, 0.05) is 17.1 Å². The van der Waals surface area contributed by atoms with Gasteiger partial charge in [-0.1, -0.05) is 35.9 Å². The molecule has 32 heavy (non-hydrogen) atoms. The fourth-order valence-electron chi connectivity index (χ4n) is 3.04. The van der Waals surface area contributed by atoms with E-state index in [0.29, 0.717) is 10.9 Å². The average molecular weight is 469 g/mol. The Morgan fingerprint density at radius 3 is 2.50 bits per heavy atom. The molecule has 0 radical (unpaired) electrons. The van der Waals surface area contributed by atoms with Gasteiger partial charge in [-0.15, -0.1) is 0 Å². The van der Waals surface area contributed by atoms with Crippen LogP contribution in [0.2, 0.25) is 5.02 Å². The van der Waals surface area contributed by atoms with Crippen LogP contribution in [0.25, 0.3) is 10.9 Å². The molecule has 2 aromatic carbocycles. The molecule has 11 heteroatoms. The van der Waals surface area contributed by atoms with E-state index in [1.165, 1.54) is 23.9 Å². The molecule has 0 bridgehead atoms. The number of benzene rings is 2. The Morgan fingerprint density at radius 2 is 1.81 bits per heavy atom. The largest absolute Gasteiger partial charge is 0.465 e. The molecule has 0 saturated carbocycles. The Bertz CT molecular complexity index is 1190. The van der Waals surface area contributed by atoms with Gasteiger partial charge in [-0.25, -0.2) is 4.79 Å². The van der Waals surface area contributed by atoms with E-state index in [4.69, 9.17) is 21.1 Å². The molecule has 0 fully saturated rings. The van der Waals surface area contributed by atoms with Crippen LogP contribution < -0.4 is 5.32 Å².